The van der Waals surface area contributed by atoms with Gasteiger partial charge in [0.25, 0.3) is 5.91 Å². The standard InChI is InChI=1S/C31H25N3O/c1-23-17-19-28(20-18-23)34-29(24-11-5-2-6-12-24)21-27(30(34)25-13-7-3-8-14-25)22-32-33-31(35)26-15-9-4-10-16-26/h2-22H,1H3,(H,33,35). The van der Waals surface area contributed by atoms with Gasteiger partial charge in [-0.15, -0.1) is 0 Å². The van der Waals surface area contributed by atoms with E-state index in [2.05, 4.69) is 76.6 Å². The number of amides is 1. The topological polar surface area (TPSA) is 46.4 Å². The first-order chi connectivity index (χ1) is 17.2. The van der Waals surface area contributed by atoms with Crippen LogP contribution in [0.4, 0.5) is 0 Å². The number of hydrogen-bond acceptors (Lipinski definition) is 2. The van der Waals surface area contributed by atoms with E-state index in [0.717, 1.165) is 33.8 Å². The molecular formula is C31H25N3O. The quantitative estimate of drug-likeness (QED) is 0.220. The maximum Gasteiger partial charge on any atom is 0.271 e. The van der Waals surface area contributed by atoms with Crippen LogP contribution in [-0.4, -0.2) is 16.7 Å². The lowest BCUT2D eigenvalue weighted by atomic mass is 10.1. The van der Waals surface area contributed by atoms with Crippen molar-refractivity contribution in [2.45, 2.75) is 6.92 Å². The monoisotopic (exact) mass is 455 g/mol. The molecule has 5 aromatic rings. The highest BCUT2D eigenvalue weighted by Gasteiger charge is 2.18. The lowest BCUT2D eigenvalue weighted by Gasteiger charge is -2.15. The summed E-state index contributed by atoms with van der Waals surface area (Å²) in [6, 6.07) is 40.3. The summed E-state index contributed by atoms with van der Waals surface area (Å²) in [5, 5.41) is 4.32. The summed E-state index contributed by atoms with van der Waals surface area (Å²) in [5.74, 6) is -0.246. The molecule has 0 saturated heterocycles. The van der Waals surface area contributed by atoms with Gasteiger partial charge in [0.15, 0.2) is 0 Å². The van der Waals surface area contributed by atoms with Crippen molar-refractivity contribution in [2.24, 2.45) is 5.10 Å². The zero-order valence-corrected chi connectivity index (χ0v) is 19.4. The summed E-state index contributed by atoms with van der Waals surface area (Å²) in [4.78, 5) is 12.5. The SMILES string of the molecule is Cc1ccc(-n2c(-c3ccccc3)cc(C=NNC(=O)c3ccccc3)c2-c2ccccc2)cc1. The van der Waals surface area contributed by atoms with Gasteiger partial charge in [0.1, 0.15) is 0 Å². The van der Waals surface area contributed by atoms with Crippen LogP contribution in [0.5, 0.6) is 0 Å². The molecule has 35 heavy (non-hydrogen) atoms. The van der Waals surface area contributed by atoms with Crippen molar-refractivity contribution in [1.29, 1.82) is 0 Å². The predicted octanol–water partition coefficient (Wildman–Crippen LogP) is 6.88. The average Bonchev–Trinajstić information content (AvgIpc) is 3.30. The Balaban J connectivity index is 1.65. The molecule has 1 aromatic heterocycles. The Hall–Kier alpha value is -4.70. The minimum absolute atomic E-state index is 0.246. The molecule has 1 amide bonds. The summed E-state index contributed by atoms with van der Waals surface area (Å²) in [6.07, 6.45) is 1.72. The predicted molar refractivity (Wildman–Crippen MR) is 143 cm³/mol. The molecule has 0 spiro atoms. The Morgan fingerprint density at radius 2 is 1.31 bits per heavy atom. The molecule has 1 heterocycles. The number of nitrogens with one attached hydrogen (secondary N) is 1. The van der Waals surface area contributed by atoms with E-state index in [9.17, 15) is 4.79 Å². The normalized spacial score (nSPS) is 11.0. The second-order valence-corrected chi connectivity index (χ2v) is 8.30. The zero-order valence-electron chi connectivity index (χ0n) is 19.4. The van der Waals surface area contributed by atoms with Gasteiger partial charge < -0.3 is 4.57 Å². The second kappa shape index (κ2) is 10.1. The Morgan fingerprint density at radius 1 is 0.743 bits per heavy atom. The molecule has 170 valence electrons. The summed E-state index contributed by atoms with van der Waals surface area (Å²) in [7, 11) is 0. The van der Waals surface area contributed by atoms with E-state index in [-0.39, 0.29) is 5.91 Å². The number of benzene rings is 4. The number of carbonyl (C=O) groups is 1. The maximum atomic E-state index is 12.5. The first-order valence-corrected chi connectivity index (χ1v) is 11.5. The lowest BCUT2D eigenvalue weighted by Crippen LogP contribution is -2.17. The van der Waals surface area contributed by atoms with Crippen molar-refractivity contribution < 1.29 is 4.79 Å². The molecule has 4 nitrogen and oxygen atoms in total. The number of hydrogen-bond donors (Lipinski definition) is 1. The number of nitrogens with zero attached hydrogens (tertiary/aromatic N) is 2. The van der Waals surface area contributed by atoms with Crippen LogP contribution in [0.1, 0.15) is 21.5 Å². The smallest absolute Gasteiger partial charge is 0.271 e. The van der Waals surface area contributed by atoms with Gasteiger partial charge in [-0.2, -0.15) is 5.10 Å². The molecule has 0 aliphatic heterocycles. The number of hydrazone groups is 1. The lowest BCUT2D eigenvalue weighted by molar-refractivity contribution is 0.0955. The van der Waals surface area contributed by atoms with Crippen LogP contribution in [0, 0.1) is 6.92 Å². The number of aryl methyl sites for hydroxylation is 1. The van der Waals surface area contributed by atoms with E-state index in [0.29, 0.717) is 5.56 Å². The van der Waals surface area contributed by atoms with Gasteiger partial charge in [-0.1, -0.05) is 96.6 Å². The van der Waals surface area contributed by atoms with Crippen molar-refractivity contribution in [1.82, 2.24) is 9.99 Å². The fourth-order valence-electron chi connectivity index (χ4n) is 4.12. The van der Waals surface area contributed by atoms with Gasteiger partial charge >= 0.3 is 0 Å². The number of aromatic nitrogens is 1. The van der Waals surface area contributed by atoms with Gasteiger partial charge in [0.05, 0.1) is 17.6 Å². The molecule has 4 heteroatoms. The second-order valence-electron chi connectivity index (χ2n) is 8.30. The van der Waals surface area contributed by atoms with E-state index in [1.54, 1.807) is 18.3 Å². The Bertz CT molecular complexity index is 1450. The average molecular weight is 456 g/mol. The van der Waals surface area contributed by atoms with Gasteiger partial charge in [-0.3, -0.25) is 4.79 Å². The van der Waals surface area contributed by atoms with E-state index in [1.807, 2.05) is 54.6 Å². The molecule has 0 aliphatic rings. The fraction of sp³-hybridized carbons (Fsp3) is 0.0323. The highest BCUT2D eigenvalue weighted by atomic mass is 16.2. The van der Waals surface area contributed by atoms with Crippen LogP contribution >= 0.6 is 0 Å². The maximum absolute atomic E-state index is 12.5. The minimum Gasteiger partial charge on any atom is -0.309 e. The molecule has 0 aliphatic carbocycles. The molecule has 0 unspecified atom stereocenters. The Kier molecular flexibility index (Phi) is 6.35. The van der Waals surface area contributed by atoms with Crippen LogP contribution < -0.4 is 5.43 Å². The van der Waals surface area contributed by atoms with Crippen LogP contribution in [0.25, 0.3) is 28.2 Å². The summed E-state index contributed by atoms with van der Waals surface area (Å²) in [6.45, 7) is 2.09. The van der Waals surface area contributed by atoms with E-state index in [4.69, 9.17) is 0 Å². The largest absolute Gasteiger partial charge is 0.309 e. The molecule has 4 aromatic carbocycles. The third-order valence-corrected chi connectivity index (χ3v) is 5.84. The van der Waals surface area contributed by atoms with E-state index < -0.39 is 0 Å². The Labute approximate surface area is 205 Å². The molecule has 5 rings (SSSR count). The molecule has 0 bridgehead atoms. The summed E-state index contributed by atoms with van der Waals surface area (Å²) < 4.78 is 2.25. The zero-order chi connectivity index (χ0) is 24.0. The van der Waals surface area contributed by atoms with Crippen molar-refractivity contribution in [3.8, 4) is 28.2 Å². The van der Waals surface area contributed by atoms with E-state index in [1.165, 1.54) is 5.56 Å². The van der Waals surface area contributed by atoms with Crippen LogP contribution in [-0.2, 0) is 0 Å². The molecule has 0 atom stereocenters. The van der Waals surface area contributed by atoms with Crippen molar-refractivity contribution in [3.05, 3.63) is 138 Å². The fourth-order valence-corrected chi connectivity index (χ4v) is 4.12. The van der Waals surface area contributed by atoms with Crippen LogP contribution in [0.3, 0.4) is 0 Å². The molecule has 0 fully saturated rings. The summed E-state index contributed by atoms with van der Waals surface area (Å²) >= 11 is 0. The number of carbonyl (C=O) groups excluding carboxylic acids is 1. The van der Waals surface area contributed by atoms with Crippen molar-refractivity contribution in [2.75, 3.05) is 0 Å². The van der Waals surface area contributed by atoms with Gasteiger partial charge in [0.2, 0.25) is 0 Å². The van der Waals surface area contributed by atoms with Crippen LogP contribution in [0.15, 0.2) is 126 Å². The molecular weight excluding hydrogens is 430 g/mol. The first kappa shape index (κ1) is 22.1. The van der Waals surface area contributed by atoms with Gasteiger partial charge in [-0.05, 0) is 48.4 Å². The van der Waals surface area contributed by atoms with E-state index >= 15 is 0 Å². The third kappa shape index (κ3) is 4.82. The Morgan fingerprint density at radius 3 is 1.94 bits per heavy atom. The van der Waals surface area contributed by atoms with Crippen molar-refractivity contribution >= 4 is 12.1 Å². The molecule has 1 N–H and O–H groups in total. The molecule has 0 radical (unpaired) electrons. The highest BCUT2D eigenvalue weighted by molar-refractivity contribution is 5.97. The van der Waals surface area contributed by atoms with Gasteiger partial charge in [-0.25, -0.2) is 5.43 Å². The van der Waals surface area contributed by atoms with Gasteiger partial charge in [0, 0.05) is 16.8 Å². The third-order valence-electron chi connectivity index (χ3n) is 5.84. The summed E-state index contributed by atoms with van der Waals surface area (Å²) in [5.41, 5.74) is 10.6. The van der Waals surface area contributed by atoms with Crippen LogP contribution in [0.2, 0.25) is 0 Å². The highest BCUT2D eigenvalue weighted by Crippen LogP contribution is 2.35. The number of rotatable bonds is 6. The first-order valence-electron chi connectivity index (χ1n) is 11.5. The molecule has 0 saturated carbocycles. The van der Waals surface area contributed by atoms with Crippen molar-refractivity contribution in [3.63, 3.8) is 0 Å². The minimum atomic E-state index is -0.246.